The van der Waals surface area contributed by atoms with Crippen molar-refractivity contribution in [1.29, 1.82) is 5.26 Å². The van der Waals surface area contributed by atoms with E-state index in [1.165, 1.54) is 16.9 Å². The van der Waals surface area contributed by atoms with Crippen molar-refractivity contribution >= 4 is 33.2 Å². The van der Waals surface area contributed by atoms with Gasteiger partial charge in [-0.15, -0.1) is 11.3 Å². The maximum absolute atomic E-state index is 10.1. The van der Waals surface area contributed by atoms with Crippen LogP contribution in [0.1, 0.15) is 21.7 Å². The number of rotatable bonds is 7. The fourth-order valence-corrected chi connectivity index (χ4v) is 5.23. The van der Waals surface area contributed by atoms with Gasteiger partial charge in [-0.2, -0.15) is 10.4 Å². The highest BCUT2D eigenvalue weighted by Crippen LogP contribution is 2.32. The van der Waals surface area contributed by atoms with Crippen LogP contribution in [0, 0.1) is 18.3 Å². The summed E-state index contributed by atoms with van der Waals surface area (Å²) in [4.78, 5) is 4.70. The van der Waals surface area contributed by atoms with Gasteiger partial charge in [0.1, 0.15) is 29.1 Å². The van der Waals surface area contributed by atoms with E-state index in [4.69, 9.17) is 14.8 Å². The van der Waals surface area contributed by atoms with Crippen molar-refractivity contribution in [2.24, 2.45) is 0 Å². The van der Waals surface area contributed by atoms with Crippen LogP contribution >= 0.6 is 11.3 Å². The van der Waals surface area contributed by atoms with Crippen LogP contribution in [0.3, 0.4) is 0 Å². The van der Waals surface area contributed by atoms with Crippen LogP contribution in [-0.4, -0.2) is 14.8 Å². The first-order chi connectivity index (χ1) is 19.2. The van der Waals surface area contributed by atoms with Gasteiger partial charge in [0.15, 0.2) is 0 Å². The lowest BCUT2D eigenvalue weighted by Gasteiger charge is -2.08. The molecule has 2 heterocycles. The first-order valence-electron chi connectivity index (χ1n) is 12.6. The fraction of sp³-hybridized carbons (Fsp3) is 0.0606. The van der Waals surface area contributed by atoms with E-state index in [1.807, 2.05) is 95.8 Å². The molecule has 0 fully saturated rings. The Bertz CT molecular complexity index is 1790. The predicted molar refractivity (Wildman–Crippen MR) is 158 cm³/mol. The molecule has 6 aromatic rings. The maximum atomic E-state index is 10.1. The average Bonchev–Trinajstić information content (AvgIpc) is 3.61. The van der Waals surface area contributed by atoms with Crippen molar-refractivity contribution in [3.8, 4) is 28.8 Å². The highest BCUT2D eigenvalue weighted by Gasteiger charge is 2.15. The molecular formula is C33H24N4OS. The molecule has 0 atom stereocenters. The van der Waals surface area contributed by atoms with Gasteiger partial charge >= 0.3 is 0 Å². The van der Waals surface area contributed by atoms with Gasteiger partial charge in [-0.25, -0.2) is 9.67 Å². The summed E-state index contributed by atoms with van der Waals surface area (Å²) < 4.78 is 9.01. The van der Waals surface area contributed by atoms with E-state index in [9.17, 15) is 5.26 Å². The quantitative estimate of drug-likeness (QED) is 0.198. The zero-order valence-electron chi connectivity index (χ0n) is 21.3. The molecule has 0 aliphatic carbocycles. The van der Waals surface area contributed by atoms with Crippen molar-refractivity contribution in [2.45, 2.75) is 13.5 Å². The Labute approximate surface area is 230 Å². The standard InChI is InChI=1S/C33H24N4OS/c1-23-14-16-24(17-15-23)22-38-29-11-7-8-25(19-29)32-27(21-37(36-32)28-9-3-2-4-10-28)18-26(20-34)33-35-30-12-5-6-13-31(30)39-33/h2-19,21H,22H2,1H3/b26-18-. The number of aryl methyl sites for hydroxylation is 1. The second-order valence-corrected chi connectivity index (χ2v) is 10.2. The highest BCUT2D eigenvalue weighted by atomic mass is 32.1. The summed E-state index contributed by atoms with van der Waals surface area (Å²) >= 11 is 1.51. The molecule has 6 heteroatoms. The third-order valence-electron chi connectivity index (χ3n) is 6.34. The zero-order valence-corrected chi connectivity index (χ0v) is 22.1. The van der Waals surface area contributed by atoms with E-state index in [2.05, 4.69) is 37.3 Å². The van der Waals surface area contributed by atoms with Crippen molar-refractivity contribution in [3.05, 3.63) is 131 Å². The number of thiazole rings is 1. The second-order valence-electron chi connectivity index (χ2n) is 9.17. The monoisotopic (exact) mass is 524 g/mol. The Hall–Kier alpha value is -4.99. The second kappa shape index (κ2) is 10.8. The van der Waals surface area contributed by atoms with Crippen LogP contribution in [-0.2, 0) is 6.61 Å². The van der Waals surface area contributed by atoms with Crippen LogP contribution in [0.4, 0.5) is 0 Å². The molecule has 0 spiro atoms. The van der Waals surface area contributed by atoms with E-state index in [1.54, 1.807) is 0 Å². The molecule has 0 amide bonds. The number of aromatic nitrogens is 3. The topological polar surface area (TPSA) is 63.7 Å². The molecule has 0 unspecified atom stereocenters. The normalized spacial score (nSPS) is 11.4. The molecule has 0 aliphatic rings. The number of benzene rings is 4. The Balaban J connectivity index is 1.39. The summed E-state index contributed by atoms with van der Waals surface area (Å²) in [6.07, 6.45) is 3.83. The van der Waals surface area contributed by atoms with E-state index >= 15 is 0 Å². The first kappa shape index (κ1) is 24.4. The average molecular weight is 525 g/mol. The molecule has 0 radical (unpaired) electrons. The number of nitrogens with zero attached hydrogens (tertiary/aromatic N) is 4. The Kier molecular flexibility index (Phi) is 6.73. The minimum absolute atomic E-state index is 0.477. The lowest BCUT2D eigenvalue weighted by atomic mass is 10.1. The molecule has 0 N–H and O–H groups in total. The number of allylic oxidation sites excluding steroid dienone is 1. The van der Waals surface area contributed by atoms with Crippen LogP contribution < -0.4 is 4.74 Å². The maximum Gasteiger partial charge on any atom is 0.135 e. The largest absolute Gasteiger partial charge is 0.489 e. The van der Waals surface area contributed by atoms with Crippen LogP contribution in [0.2, 0.25) is 0 Å². The summed E-state index contributed by atoms with van der Waals surface area (Å²) in [5.41, 5.74) is 7.13. The summed E-state index contributed by atoms with van der Waals surface area (Å²) in [5.74, 6) is 0.754. The molecule has 5 nitrogen and oxygen atoms in total. The SMILES string of the molecule is Cc1ccc(COc2cccc(-c3nn(-c4ccccc4)cc3/C=C(/C#N)c3nc4ccccc4s3)c2)cc1. The van der Waals surface area contributed by atoms with Crippen LogP contribution in [0.5, 0.6) is 5.75 Å². The molecule has 4 aromatic carbocycles. The third-order valence-corrected chi connectivity index (χ3v) is 7.41. The molecule has 6 rings (SSSR count). The minimum Gasteiger partial charge on any atom is -0.489 e. The molecule has 0 saturated carbocycles. The van der Waals surface area contributed by atoms with E-state index < -0.39 is 0 Å². The van der Waals surface area contributed by atoms with Crippen molar-refractivity contribution in [3.63, 3.8) is 0 Å². The summed E-state index contributed by atoms with van der Waals surface area (Å²) in [6.45, 7) is 2.55. The van der Waals surface area contributed by atoms with Gasteiger partial charge in [0, 0.05) is 17.3 Å². The van der Waals surface area contributed by atoms with Gasteiger partial charge in [-0.1, -0.05) is 72.3 Å². The highest BCUT2D eigenvalue weighted by molar-refractivity contribution is 7.19. The predicted octanol–water partition coefficient (Wildman–Crippen LogP) is 8.10. The number of hydrogen-bond acceptors (Lipinski definition) is 5. The molecule has 0 saturated heterocycles. The Morgan fingerprint density at radius 2 is 1.74 bits per heavy atom. The molecular weight excluding hydrogens is 500 g/mol. The van der Waals surface area contributed by atoms with Gasteiger partial charge < -0.3 is 4.74 Å². The Morgan fingerprint density at radius 1 is 0.949 bits per heavy atom. The summed E-state index contributed by atoms with van der Waals surface area (Å²) in [7, 11) is 0. The van der Waals surface area contributed by atoms with E-state index in [-0.39, 0.29) is 0 Å². The number of ether oxygens (including phenoxy) is 1. The molecule has 188 valence electrons. The Morgan fingerprint density at radius 3 is 2.54 bits per heavy atom. The fourth-order valence-electron chi connectivity index (χ4n) is 4.30. The van der Waals surface area contributed by atoms with Gasteiger partial charge in [0.2, 0.25) is 0 Å². The van der Waals surface area contributed by atoms with Crippen LogP contribution in [0.15, 0.2) is 109 Å². The van der Waals surface area contributed by atoms with E-state index in [0.717, 1.165) is 44.0 Å². The van der Waals surface area contributed by atoms with E-state index in [0.29, 0.717) is 17.2 Å². The van der Waals surface area contributed by atoms with Gasteiger partial charge in [-0.05, 0) is 55.0 Å². The lowest BCUT2D eigenvalue weighted by molar-refractivity contribution is 0.306. The number of nitriles is 1. The number of hydrogen-bond donors (Lipinski definition) is 0. The number of para-hydroxylation sites is 2. The molecule has 0 bridgehead atoms. The van der Waals surface area contributed by atoms with Crippen molar-refractivity contribution in [2.75, 3.05) is 0 Å². The molecule has 39 heavy (non-hydrogen) atoms. The smallest absolute Gasteiger partial charge is 0.135 e. The zero-order chi connectivity index (χ0) is 26.6. The molecule has 0 aliphatic heterocycles. The number of fused-ring (bicyclic) bond motifs is 1. The lowest BCUT2D eigenvalue weighted by Crippen LogP contribution is -1.96. The van der Waals surface area contributed by atoms with Crippen molar-refractivity contribution in [1.82, 2.24) is 14.8 Å². The summed E-state index contributed by atoms with van der Waals surface area (Å²) in [6, 6.07) is 36.5. The van der Waals surface area contributed by atoms with Gasteiger partial charge in [0.05, 0.1) is 21.5 Å². The van der Waals surface area contributed by atoms with Gasteiger partial charge in [0.25, 0.3) is 0 Å². The third kappa shape index (κ3) is 5.35. The van der Waals surface area contributed by atoms with Crippen molar-refractivity contribution < 1.29 is 4.74 Å². The van der Waals surface area contributed by atoms with Crippen LogP contribution in [0.25, 0.3) is 38.8 Å². The molecule has 2 aromatic heterocycles. The van der Waals surface area contributed by atoms with Gasteiger partial charge in [-0.3, -0.25) is 0 Å². The first-order valence-corrected chi connectivity index (χ1v) is 13.4. The summed E-state index contributed by atoms with van der Waals surface area (Å²) in [5, 5.41) is 15.7. The minimum atomic E-state index is 0.477.